The summed E-state index contributed by atoms with van der Waals surface area (Å²) in [6.45, 7) is 6.75. The summed E-state index contributed by atoms with van der Waals surface area (Å²) >= 11 is 0.593. The normalized spacial score (nSPS) is 11.4. The van der Waals surface area contributed by atoms with E-state index in [1.54, 1.807) is 0 Å². The molecule has 0 rings (SSSR count). The topological polar surface area (TPSA) is 26.3 Å². The van der Waals surface area contributed by atoms with Crippen LogP contribution >= 0.6 is 0 Å². The fourth-order valence-corrected chi connectivity index (χ4v) is 1.50. The van der Waals surface area contributed by atoms with E-state index < -0.39 is 0 Å². The first kappa shape index (κ1) is 13.3. The molecular weight excluding hydrogens is 271 g/mol. The molecule has 0 aromatic rings. The van der Waals surface area contributed by atoms with Gasteiger partial charge in [0.15, 0.2) is 0 Å². The molecule has 0 N–H and O–H groups in total. The summed E-state index contributed by atoms with van der Waals surface area (Å²) in [5.41, 5.74) is 0.428. The van der Waals surface area contributed by atoms with Crippen molar-refractivity contribution in [2.45, 2.75) is 52.9 Å². The zero-order valence-electron chi connectivity index (χ0n) is 8.93. The Morgan fingerprint density at radius 3 is 2.31 bits per heavy atom. The average Bonchev–Trinajstić information content (AvgIpc) is 2.01. The zero-order chi connectivity index (χ0) is 10.3. The molecule has 0 saturated heterocycles. The Balaban J connectivity index is 3.22. The molecule has 0 spiro atoms. The summed E-state index contributed by atoms with van der Waals surface area (Å²) in [5.74, 6) is -0.0295. The fourth-order valence-electron chi connectivity index (χ4n) is 1.16. The molecule has 0 fully saturated rings. The van der Waals surface area contributed by atoms with Crippen LogP contribution in [0.15, 0.2) is 0 Å². The minimum absolute atomic E-state index is 0.0295. The summed E-state index contributed by atoms with van der Waals surface area (Å²) in [4.78, 5) is 10.8. The van der Waals surface area contributed by atoms with Crippen molar-refractivity contribution in [1.82, 2.24) is 0 Å². The Bertz CT molecular complexity index is 149. The Hall–Kier alpha value is 0.269. The van der Waals surface area contributed by atoms with Crippen LogP contribution in [0.3, 0.4) is 0 Å². The number of carbonyl (C=O) groups excluding carboxylic acids is 1. The van der Waals surface area contributed by atoms with Crippen molar-refractivity contribution in [1.29, 1.82) is 0 Å². The van der Waals surface area contributed by atoms with Crippen molar-refractivity contribution in [2.24, 2.45) is 5.41 Å². The van der Waals surface area contributed by atoms with Gasteiger partial charge in [-0.1, -0.05) is 0 Å². The second-order valence-electron chi connectivity index (χ2n) is 4.61. The van der Waals surface area contributed by atoms with Crippen LogP contribution in [0.1, 0.15) is 52.9 Å². The van der Waals surface area contributed by atoms with E-state index in [4.69, 9.17) is 0 Å². The van der Waals surface area contributed by atoms with Gasteiger partial charge in [-0.05, 0) is 0 Å². The number of hydrogen-bond acceptors (Lipinski definition) is 2. The van der Waals surface area contributed by atoms with E-state index in [1.807, 2.05) is 0 Å². The second kappa shape index (κ2) is 6.68. The Morgan fingerprint density at radius 1 is 1.23 bits per heavy atom. The SMILES string of the molecule is CC(C)(C)CCCCCC(=O)[O][SnH]. The molecule has 0 atom stereocenters. The molecule has 0 bridgehead atoms. The third-order valence-corrected chi connectivity index (χ3v) is 2.69. The number of unbranched alkanes of at least 4 members (excludes halogenated alkanes) is 2. The molecule has 0 aliphatic carbocycles. The van der Waals surface area contributed by atoms with Crippen LogP contribution in [-0.4, -0.2) is 28.9 Å². The maximum absolute atomic E-state index is 10.8. The summed E-state index contributed by atoms with van der Waals surface area (Å²) in [6, 6.07) is 0. The maximum atomic E-state index is 10.8. The molecule has 0 heterocycles. The van der Waals surface area contributed by atoms with Gasteiger partial charge in [-0.2, -0.15) is 0 Å². The van der Waals surface area contributed by atoms with Gasteiger partial charge in [0.1, 0.15) is 0 Å². The average molecular weight is 291 g/mol. The van der Waals surface area contributed by atoms with Crippen LogP contribution in [0.25, 0.3) is 0 Å². The third-order valence-electron chi connectivity index (χ3n) is 1.94. The van der Waals surface area contributed by atoms with Gasteiger partial charge in [-0.15, -0.1) is 0 Å². The molecule has 2 radical (unpaired) electrons. The number of rotatable bonds is 5. The van der Waals surface area contributed by atoms with E-state index in [-0.39, 0.29) is 5.97 Å². The number of carbonyl (C=O) groups is 1. The van der Waals surface area contributed by atoms with Crippen molar-refractivity contribution in [2.75, 3.05) is 0 Å². The van der Waals surface area contributed by atoms with Gasteiger partial charge in [-0.25, -0.2) is 0 Å². The molecule has 0 aliphatic rings. The first-order valence-corrected chi connectivity index (χ1v) is 6.20. The third kappa shape index (κ3) is 10.2. The Morgan fingerprint density at radius 2 is 1.85 bits per heavy atom. The van der Waals surface area contributed by atoms with Gasteiger partial charge in [0.2, 0.25) is 0 Å². The summed E-state index contributed by atoms with van der Waals surface area (Å²) in [6.07, 6.45) is 5.19. The van der Waals surface area contributed by atoms with E-state index in [0.29, 0.717) is 34.8 Å². The second-order valence-corrected chi connectivity index (χ2v) is 5.28. The molecule has 0 aromatic heterocycles. The molecule has 3 heteroatoms. The molecule has 0 aliphatic heterocycles. The van der Waals surface area contributed by atoms with Crippen LogP contribution in [0.2, 0.25) is 0 Å². The van der Waals surface area contributed by atoms with E-state index >= 15 is 0 Å². The first-order chi connectivity index (χ1) is 5.95. The zero-order valence-corrected chi connectivity index (χ0v) is 12.2. The summed E-state index contributed by atoms with van der Waals surface area (Å²) in [5, 5.41) is 0. The van der Waals surface area contributed by atoms with Crippen molar-refractivity contribution in [3.8, 4) is 0 Å². The molecule has 2 nitrogen and oxygen atoms in total. The molecule has 0 amide bonds. The standard InChI is InChI=1S/C10H20O2.Sn.H/c1-10(2,3)8-6-4-5-7-9(11)12;;/h4-8H2,1-3H3,(H,11,12);;/q;+1;/p-1. The molecule has 0 saturated carbocycles. The van der Waals surface area contributed by atoms with Gasteiger partial charge < -0.3 is 0 Å². The molecule has 0 aromatic carbocycles. The van der Waals surface area contributed by atoms with E-state index in [1.165, 1.54) is 12.8 Å². The van der Waals surface area contributed by atoms with Crippen molar-refractivity contribution in [3.05, 3.63) is 0 Å². The Kier molecular flexibility index (Phi) is 6.82. The van der Waals surface area contributed by atoms with Gasteiger partial charge in [0.05, 0.1) is 0 Å². The summed E-state index contributed by atoms with van der Waals surface area (Å²) < 4.78 is 4.69. The molecule has 13 heavy (non-hydrogen) atoms. The molecular formula is C10H20O2Sn. The van der Waals surface area contributed by atoms with Crippen LogP contribution < -0.4 is 0 Å². The monoisotopic (exact) mass is 292 g/mol. The first-order valence-electron chi connectivity index (χ1n) is 4.85. The van der Waals surface area contributed by atoms with Gasteiger partial charge in [0.25, 0.3) is 0 Å². The van der Waals surface area contributed by atoms with Gasteiger partial charge >= 0.3 is 95.1 Å². The van der Waals surface area contributed by atoms with E-state index in [2.05, 4.69) is 23.8 Å². The number of hydrogen-bond donors (Lipinski definition) is 0. The summed E-state index contributed by atoms with van der Waals surface area (Å²) in [7, 11) is 0. The van der Waals surface area contributed by atoms with Crippen LogP contribution in [0.5, 0.6) is 0 Å². The van der Waals surface area contributed by atoms with Gasteiger partial charge in [0, 0.05) is 0 Å². The van der Waals surface area contributed by atoms with Crippen LogP contribution in [-0.2, 0) is 7.87 Å². The van der Waals surface area contributed by atoms with Crippen LogP contribution in [0.4, 0.5) is 0 Å². The molecule has 76 valence electrons. The fraction of sp³-hybridized carbons (Fsp3) is 0.900. The predicted octanol–water partition coefficient (Wildman–Crippen LogP) is 2.34. The van der Waals surface area contributed by atoms with E-state index in [0.717, 1.165) is 12.8 Å². The van der Waals surface area contributed by atoms with E-state index in [9.17, 15) is 4.79 Å². The quantitative estimate of drug-likeness (QED) is 0.574. The molecule has 0 unspecified atom stereocenters. The van der Waals surface area contributed by atoms with Crippen LogP contribution in [0, 0.1) is 5.41 Å². The van der Waals surface area contributed by atoms with Crippen molar-refractivity contribution >= 4 is 28.9 Å². The predicted molar refractivity (Wildman–Crippen MR) is 55.8 cm³/mol. The Labute approximate surface area is 95.1 Å². The minimum atomic E-state index is -0.0295. The van der Waals surface area contributed by atoms with Crippen molar-refractivity contribution < 1.29 is 7.87 Å². The van der Waals surface area contributed by atoms with Crippen molar-refractivity contribution in [3.63, 3.8) is 0 Å². The van der Waals surface area contributed by atoms with Gasteiger partial charge in [-0.3, -0.25) is 0 Å².